The van der Waals surface area contributed by atoms with Crippen molar-refractivity contribution in [2.75, 3.05) is 25.5 Å². The van der Waals surface area contributed by atoms with Crippen LogP contribution in [0.25, 0.3) is 22.6 Å². The summed E-state index contributed by atoms with van der Waals surface area (Å²) in [6, 6.07) is 6.44. The zero-order valence-electron chi connectivity index (χ0n) is 15.6. The first kappa shape index (κ1) is 16.9. The third-order valence-corrected chi connectivity index (χ3v) is 5.19. The van der Waals surface area contributed by atoms with Gasteiger partial charge in [0.2, 0.25) is 0 Å². The molecule has 1 aliphatic heterocycles. The van der Waals surface area contributed by atoms with Gasteiger partial charge in [0.05, 0.1) is 11.1 Å². The van der Waals surface area contributed by atoms with E-state index in [4.69, 9.17) is 9.97 Å². The van der Waals surface area contributed by atoms with Gasteiger partial charge >= 0.3 is 0 Å². The Bertz CT molecular complexity index is 903. The molecule has 0 saturated carbocycles. The number of hydrogen-bond acceptors (Lipinski definition) is 6. The molecule has 3 aromatic heterocycles. The largest absolute Gasteiger partial charge is 0.369 e. The number of nitrogens with one attached hydrogen (secondary N) is 1. The van der Waals surface area contributed by atoms with Crippen molar-refractivity contribution in [3.63, 3.8) is 0 Å². The summed E-state index contributed by atoms with van der Waals surface area (Å²) < 4.78 is 1.81. The number of anilines is 1. The van der Waals surface area contributed by atoms with Crippen molar-refractivity contribution in [1.82, 2.24) is 29.6 Å². The van der Waals surface area contributed by atoms with E-state index in [2.05, 4.69) is 27.3 Å². The Morgan fingerprint density at radius 2 is 2.12 bits per heavy atom. The number of fused-ring (bicyclic) bond motifs is 1. The fraction of sp³-hybridized carbons (Fsp3) is 0.474. The molecule has 1 atom stereocenters. The Balaban J connectivity index is 1.65. The summed E-state index contributed by atoms with van der Waals surface area (Å²) in [6.45, 7) is 4.09. The number of aromatic nitrogens is 5. The van der Waals surface area contributed by atoms with E-state index in [0.717, 1.165) is 41.2 Å². The molecule has 0 bridgehead atoms. The van der Waals surface area contributed by atoms with Gasteiger partial charge in [-0.1, -0.05) is 6.07 Å². The molecule has 0 spiro atoms. The van der Waals surface area contributed by atoms with Crippen LogP contribution in [0.1, 0.15) is 25.0 Å². The number of rotatable bonds is 5. The minimum atomic E-state index is 0.626. The highest BCUT2D eigenvalue weighted by atomic mass is 15.3. The summed E-state index contributed by atoms with van der Waals surface area (Å²) in [5, 5.41) is 9.06. The Labute approximate surface area is 153 Å². The summed E-state index contributed by atoms with van der Waals surface area (Å²) in [4.78, 5) is 16.3. The third kappa shape index (κ3) is 3.14. The quantitative estimate of drug-likeness (QED) is 0.762. The van der Waals surface area contributed by atoms with E-state index in [9.17, 15) is 0 Å². The fourth-order valence-electron chi connectivity index (χ4n) is 3.78. The predicted octanol–water partition coefficient (Wildman–Crippen LogP) is 2.63. The van der Waals surface area contributed by atoms with E-state index in [1.165, 1.54) is 19.4 Å². The number of hydrogen-bond donors (Lipinski definition) is 1. The average Bonchev–Trinajstić information content (AvgIpc) is 3.19. The molecule has 1 unspecified atom stereocenters. The van der Waals surface area contributed by atoms with E-state index >= 15 is 0 Å². The Morgan fingerprint density at radius 1 is 1.23 bits per heavy atom. The minimum absolute atomic E-state index is 0.626. The topological polar surface area (TPSA) is 71.8 Å². The highest BCUT2D eigenvalue weighted by Gasteiger charge is 2.21. The van der Waals surface area contributed by atoms with Crippen LogP contribution in [0.5, 0.6) is 0 Å². The second-order valence-corrected chi connectivity index (χ2v) is 7.01. The lowest BCUT2D eigenvalue weighted by Gasteiger charge is -2.19. The van der Waals surface area contributed by atoms with Gasteiger partial charge < -0.3 is 10.2 Å². The average molecular weight is 351 g/mol. The van der Waals surface area contributed by atoms with Crippen molar-refractivity contribution >= 4 is 16.9 Å². The van der Waals surface area contributed by atoms with Gasteiger partial charge in [-0.2, -0.15) is 5.10 Å². The van der Waals surface area contributed by atoms with Crippen molar-refractivity contribution in [2.45, 2.75) is 32.2 Å². The molecule has 1 fully saturated rings. The summed E-state index contributed by atoms with van der Waals surface area (Å²) in [6.07, 6.45) is 5.45. The molecule has 7 nitrogen and oxygen atoms in total. The first-order valence-corrected chi connectivity index (χ1v) is 9.20. The van der Waals surface area contributed by atoms with E-state index in [0.29, 0.717) is 11.9 Å². The van der Waals surface area contributed by atoms with Gasteiger partial charge in [-0.05, 0) is 51.9 Å². The second kappa shape index (κ2) is 6.99. The van der Waals surface area contributed by atoms with Crippen LogP contribution in [0.4, 0.5) is 5.82 Å². The summed E-state index contributed by atoms with van der Waals surface area (Å²) in [7, 11) is 4.13. The standard InChI is InChI=1S/C19H25N7/c1-13-16-18(21-11-9-14-7-6-12-25(14)2)22-17(15-8-4-5-10-20-15)23-19(16)26(3)24-13/h4-5,8,10,14H,6-7,9,11-12H2,1-3H3,(H,21,22,23). The molecule has 1 aliphatic rings. The SMILES string of the molecule is Cc1nn(C)c2nc(-c3ccccn3)nc(NCCC3CCCN3C)c12. The zero-order chi connectivity index (χ0) is 18.1. The fourth-order valence-corrected chi connectivity index (χ4v) is 3.78. The van der Waals surface area contributed by atoms with Gasteiger partial charge in [0.15, 0.2) is 11.5 Å². The maximum atomic E-state index is 4.78. The molecule has 1 N–H and O–H groups in total. The lowest BCUT2D eigenvalue weighted by Crippen LogP contribution is -2.27. The van der Waals surface area contributed by atoms with E-state index in [1.54, 1.807) is 6.20 Å². The van der Waals surface area contributed by atoms with Gasteiger partial charge in [-0.25, -0.2) is 9.97 Å². The van der Waals surface area contributed by atoms with Crippen LogP contribution in [-0.2, 0) is 7.05 Å². The molecule has 1 saturated heterocycles. The van der Waals surface area contributed by atoms with Crippen LogP contribution in [0, 0.1) is 6.92 Å². The van der Waals surface area contributed by atoms with Gasteiger partial charge in [-0.15, -0.1) is 0 Å². The van der Waals surface area contributed by atoms with Crippen LogP contribution in [-0.4, -0.2) is 55.8 Å². The smallest absolute Gasteiger partial charge is 0.182 e. The highest BCUT2D eigenvalue weighted by Crippen LogP contribution is 2.27. The molecule has 3 aromatic rings. The van der Waals surface area contributed by atoms with Crippen molar-refractivity contribution in [3.05, 3.63) is 30.1 Å². The lowest BCUT2D eigenvalue weighted by molar-refractivity contribution is 0.301. The van der Waals surface area contributed by atoms with E-state index < -0.39 is 0 Å². The third-order valence-electron chi connectivity index (χ3n) is 5.19. The highest BCUT2D eigenvalue weighted by molar-refractivity contribution is 5.90. The van der Waals surface area contributed by atoms with Crippen LogP contribution in [0.15, 0.2) is 24.4 Å². The molecule has 0 aliphatic carbocycles. The molecule has 136 valence electrons. The van der Waals surface area contributed by atoms with Crippen LogP contribution in [0.2, 0.25) is 0 Å². The monoisotopic (exact) mass is 351 g/mol. The molecule has 4 heterocycles. The molecule has 0 aromatic carbocycles. The first-order chi connectivity index (χ1) is 12.6. The molecule has 7 heteroatoms. The summed E-state index contributed by atoms with van der Waals surface area (Å²) >= 11 is 0. The predicted molar refractivity (Wildman–Crippen MR) is 103 cm³/mol. The van der Waals surface area contributed by atoms with E-state index in [1.807, 2.05) is 36.9 Å². The molecule has 4 rings (SSSR count). The number of likely N-dealkylation sites (tertiary alicyclic amines) is 1. The molecule has 0 amide bonds. The molecular weight excluding hydrogens is 326 g/mol. The molecule has 26 heavy (non-hydrogen) atoms. The van der Waals surface area contributed by atoms with Crippen molar-refractivity contribution in [1.29, 1.82) is 0 Å². The Hall–Kier alpha value is -2.54. The number of nitrogens with zero attached hydrogens (tertiary/aromatic N) is 6. The van der Waals surface area contributed by atoms with Crippen LogP contribution < -0.4 is 5.32 Å². The number of pyridine rings is 1. The van der Waals surface area contributed by atoms with Crippen LogP contribution >= 0.6 is 0 Å². The maximum absolute atomic E-state index is 4.78. The minimum Gasteiger partial charge on any atom is -0.369 e. The zero-order valence-corrected chi connectivity index (χ0v) is 15.6. The molecule has 0 radical (unpaired) electrons. The van der Waals surface area contributed by atoms with Crippen molar-refractivity contribution in [3.8, 4) is 11.5 Å². The lowest BCUT2D eigenvalue weighted by atomic mass is 10.1. The summed E-state index contributed by atoms with van der Waals surface area (Å²) in [5.41, 5.74) is 2.54. The Kier molecular flexibility index (Phi) is 4.55. The van der Waals surface area contributed by atoms with Gasteiger partial charge in [0.1, 0.15) is 11.5 Å². The normalized spacial score (nSPS) is 17.9. The van der Waals surface area contributed by atoms with E-state index in [-0.39, 0.29) is 0 Å². The second-order valence-electron chi connectivity index (χ2n) is 7.01. The summed E-state index contributed by atoms with van der Waals surface area (Å²) in [5.74, 6) is 1.48. The maximum Gasteiger partial charge on any atom is 0.182 e. The number of aryl methyl sites for hydroxylation is 2. The van der Waals surface area contributed by atoms with Gasteiger partial charge in [0.25, 0.3) is 0 Å². The van der Waals surface area contributed by atoms with Crippen molar-refractivity contribution in [2.24, 2.45) is 7.05 Å². The van der Waals surface area contributed by atoms with Gasteiger partial charge in [0, 0.05) is 25.8 Å². The first-order valence-electron chi connectivity index (χ1n) is 9.20. The van der Waals surface area contributed by atoms with Crippen LogP contribution in [0.3, 0.4) is 0 Å². The van der Waals surface area contributed by atoms with Crippen molar-refractivity contribution < 1.29 is 0 Å². The van der Waals surface area contributed by atoms with Gasteiger partial charge in [-0.3, -0.25) is 9.67 Å². The molecular formula is C19H25N7. The Morgan fingerprint density at radius 3 is 2.85 bits per heavy atom.